The lowest BCUT2D eigenvalue weighted by molar-refractivity contribution is -0.157. The van der Waals surface area contributed by atoms with Crippen molar-refractivity contribution in [2.24, 2.45) is 11.7 Å². The van der Waals surface area contributed by atoms with Crippen LogP contribution in [0.15, 0.2) is 22.8 Å². The van der Waals surface area contributed by atoms with Crippen LogP contribution in [0.1, 0.15) is 19.1 Å². The second-order valence-corrected chi connectivity index (χ2v) is 4.74. The summed E-state index contributed by atoms with van der Waals surface area (Å²) in [5, 5.41) is 0. The topological polar surface area (TPSA) is 103 Å². The highest BCUT2D eigenvalue weighted by Gasteiger charge is 2.36. The number of esters is 1. The van der Waals surface area contributed by atoms with Crippen LogP contribution in [0.4, 0.5) is 0 Å². The number of carbonyl (C=O) groups is 3. The summed E-state index contributed by atoms with van der Waals surface area (Å²) in [4.78, 5) is 36.0. The number of rotatable bonds is 5. The smallest absolute Gasteiger partial charge is 0.312 e. The molecule has 0 aliphatic carbocycles. The fourth-order valence-electron chi connectivity index (χ4n) is 2.00. The van der Waals surface area contributed by atoms with Gasteiger partial charge in [-0.25, -0.2) is 0 Å². The van der Waals surface area contributed by atoms with Gasteiger partial charge < -0.3 is 19.8 Å². The maximum atomic E-state index is 11.8. The van der Waals surface area contributed by atoms with Gasteiger partial charge in [0.05, 0.1) is 18.7 Å². The van der Waals surface area contributed by atoms with Gasteiger partial charge in [-0.3, -0.25) is 14.4 Å². The van der Waals surface area contributed by atoms with E-state index in [2.05, 4.69) is 0 Å². The Hall–Kier alpha value is -2.31. The van der Waals surface area contributed by atoms with Gasteiger partial charge in [-0.15, -0.1) is 0 Å². The molecule has 1 aromatic rings. The van der Waals surface area contributed by atoms with Crippen molar-refractivity contribution in [2.75, 3.05) is 6.54 Å². The lowest BCUT2D eigenvalue weighted by atomic mass is 10.1. The third-order valence-corrected chi connectivity index (χ3v) is 3.17. The van der Waals surface area contributed by atoms with E-state index in [-0.39, 0.29) is 18.9 Å². The number of nitrogens with two attached hydrogens (primary N) is 1. The number of likely N-dealkylation sites (tertiary alicyclic amines) is 1. The van der Waals surface area contributed by atoms with Gasteiger partial charge in [0.1, 0.15) is 5.76 Å². The highest BCUT2D eigenvalue weighted by Crippen LogP contribution is 2.22. The predicted octanol–water partition coefficient (Wildman–Crippen LogP) is 0.0451. The molecule has 1 saturated heterocycles. The van der Waals surface area contributed by atoms with Crippen molar-refractivity contribution >= 4 is 17.8 Å². The molecule has 1 aliphatic rings. The number of carbonyl (C=O) groups excluding carboxylic acids is 3. The maximum absolute atomic E-state index is 11.8. The first-order valence-electron chi connectivity index (χ1n) is 6.27. The second kappa shape index (κ2) is 5.77. The van der Waals surface area contributed by atoms with Crippen LogP contribution in [0.3, 0.4) is 0 Å². The molecule has 2 N–H and O–H groups in total. The van der Waals surface area contributed by atoms with Gasteiger partial charge in [0.15, 0.2) is 6.10 Å². The molecule has 0 aromatic carbocycles. The summed E-state index contributed by atoms with van der Waals surface area (Å²) in [6.07, 6.45) is 0.609. The molecule has 0 bridgehead atoms. The van der Waals surface area contributed by atoms with Crippen molar-refractivity contribution in [1.82, 2.24) is 4.90 Å². The molecule has 20 heavy (non-hydrogen) atoms. The van der Waals surface area contributed by atoms with Gasteiger partial charge in [0.25, 0.3) is 5.91 Å². The summed E-state index contributed by atoms with van der Waals surface area (Å²) >= 11 is 0. The highest BCUT2D eigenvalue weighted by molar-refractivity contribution is 5.88. The van der Waals surface area contributed by atoms with Crippen LogP contribution >= 0.6 is 0 Å². The van der Waals surface area contributed by atoms with Crippen molar-refractivity contribution in [3.8, 4) is 0 Å². The molecule has 0 saturated carbocycles. The van der Waals surface area contributed by atoms with E-state index < -0.39 is 23.9 Å². The Morgan fingerprint density at radius 2 is 2.35 bits per heavy atom. The Balaban J connectivity index is 1.91. The zero-order valence-electron chi connectivity index (χ0n) is 11.1. The van der Waals surface area contributed by atoms with Crippen molar-refractivity contribution in [3.63, 3.8) is 0 Å². The number of furan rings is 1. The number of hydrogen-bond donors (Lipinski definition) is 1. The first-order valence-corrected chi connectivity index (χ1v) is 6.27. The van der Waals surface area contributed by atoms with E-state index in [9.17, 15) is 14.4 Å². The van der Waals surface area contributed by atoms with E-state index in [4.69, 9.17) is 14.9 Å². The third-order valence-electron chi connectivity index (χ3n) is 3.17. The van der Waals surface area contributed by atoms with Crippen molar-refractivity contribution in [3.05, 3.63) is 24.2 Å². The summed E-state index contributed by atoms with van der Waals surface area (Å²) in [7, 11) is 0. The molecule has 1 aromatic heterocycles. The molecule has 108 valence electrons. The Bertz CT molecular complexity index is 511. The van der Waals surface area contributed by atoms with Gasteiger partial charge in [-0.2, -0.15) is 0 Å². The average Bonchev–Trinajstić information content (AvgIpc) is 3.00. The molecule has 2 atom stereocenters. The zero-order chi connectivity index (χ0) is 14.7. The predicted molar refractivity (Wildman–Crippen MR) is 67.0 cm³/mol. The monoisotopic (exact) mass is 280 g/mol. The van der Waals surface area contributed by atoms with E-state index in [1.165, 1.54) is 18.1 Å². The maximum Gasteiger partial charge on any atom is 0.312 e. The van der Waals surface area contributed by atoms with E-state index in [1.54, 1.807) is 12.1 Å². The van der Waals surface area contributed by atoms with Gasteiger partial charge in [0.2, 0.25) is 5.91 Å². The zero-order valence-corrected chi connectivity index (χ0v) is 11.1. The molecular formula is C13H16N2O5. The first kappa shape index (κ1) is 14.1. The Labute approximate surface area is 115 Å². The largest absolute Gasteiger partial charge is 0.467 e. The van der Waals surface area contributed by atoms with Gasteiger partial charge in [0, 0.05) is 13.0 Å². The van der Waals surface area contributed by atoms with Crippen molar-refractivity contribution in [2.45, 2.75) is 26.0 Å². The van der Waals surface area contributed by atoms with Crippen molar-refractivity contribution < 1.29 is 23.5 Å². The summed E-state index contributed by atoms with van der Waals surface area (Å²) < 4.78 is 10.1. The third kappa shape index (κ3) is 3.17. The Morgan fingerprint density at radius 1 is 1.60 bits per heavy atom. The number of nitrogens with zero attached hydrogens (tertiary/aromatic N) is 1. The minimum absolute atomic E-state index is 0.0744. The molecule has 7 nitrogen and oxygen atoms in total. The van der Waals surface area contributed by atoms with Crippen LogP contribution in [-0.4, -0.2) is 35.3 Å². The SMILES string of the molecule is C[C@H](OC(=O)[C@@H]1CC(=O)N(Cc2ccco2)C1)C(N)=O. The number of hydrogen-bond acceptors (Lipinski definition) is 5. The van der Waals surface area contributed by atoms with E-state index in [1.807, 2.05) is 0 Å². The van der Waals surface area contributed by atoms with Crippen LogP contribution in [-0.2, 0) is 25.7 Å². The van der Waals surface area contributed by atoms with Gasteiger partial charge >= 0.3 is 5.97 Å². The van der Waals surface area contributed by atoms with Gasteiger partial charge in [-0.1, -0.05) is 0 Å². The summed E-state index contributed by atoms with van der Waals surface area (Å²) in [6, 6.07) is 3.49. The fourth-order valence-corrected chi connectivity index (χ4v) is 2.00. The number of primary amides is 1. The van der Waals surface area contributed by atoms with E-state index in [0.29, 0.717) is 12.3 Å². The first-order chi connectivity index (χ1) is 9.47. The molecule has 1 aliphatic heterocycles. The van der Waals surface area contributed by atoms with Crippen LogP contribution in [0.25, 0.3) is 0 Å². The lowest BCUT2D eigenvalue weighted by Crippen LogP contribution is -2.33. The van der Waals surface area contributed by atoms with E-state index >= 15 is 0 Å². The van der Waals surface area contributed by atoms with E-state index in [0.717, 1.165) is 0 Å². The molecule has 0 radical (unpaired) electrons. The Morgan fingerprint density at radius 3 is 2.95 bits per heavy atom. The Kier molecular flexibility index (Phi) is 4.07. The molecule has 7 heteroatoms. The average molecular weight is 280 g/mol. The number of ether oxygens (including phenoxy) is 1. The van der Waals surface area contributed by atoms with Crippen LogP contribution in [0, 0.1) is 5.92 Å². The summed E-state index contributed by atoms with van der Waals surface area (Å²) in [5.74, 6) is -1.35. The van der Waals surface area contributed by atoms with Crippen LogP contribution in [0.5, 0.6) is 0 Å². The van der Waals surface area contributed by atoms with Crippen LogP contribution < -0.4 is 5.73 Å². The number of amides is 2. The molecule has 1 fully saturated rings. The molecule has 0 spiro atoms. The molecule has 2 amide bonds. The lowest BCUT2D eigenvalue weighted by Gasteiger charge is -2.15. The minimum Gasteiger partial charge on any atom is -0.467 e. The summed E-state index contributed by atoms with van der Waals surface area (Å²) in [5.41, 5.74) is 5.02. The highest BCUT2D eigenvalue weighted by atomic mass is 16.5. The molecule has 0 unspecified atom stereocenters. The van der Waals surface area contributed by atoms with Crippen LogP contribution in [0.2, 0.25) is 0 Å². The minimum atomic E-state index is -0.989. The molecular weight excluding hydrogens is 264 g/mol. The molecule has 2 heterocycles. The van der Waals surface area contributed by atoms with Gasteiger partial charge in [-0.05, 0) is 19.1 Å². The molecule has 2 rings (SSSR count). The summed E-state index contributed by atoms with van der Waals surface area (Å²) in [6.45, 7) is 1.97. The van der Waals surface area contributed by atoms with Crippen molar-refractivity contribution in [1.29, 1.82) is 0 Å². The second-order valence-electron chi connectivity index (χ2n) is 4.74. The normalized spacial score (nSPS) is 19.9. The quantitative estimate of drug-likeness (QED) is 0.767. The fraction of sp³-hybridized carbons (Fsp3) is 0.462. The standard InChI is InChI=1S/C13H16N2O5/c1-8(12(14)17)20-13(18)9-5-11(16)15(6-9)7-10-3-2-4-19-10/h2-4,8-9H,5-7H2,1H3,(H2,14,17)/t8-,9+/m0/s1.